The fourth-order valence-electron chi connectivity index (χ4n) is 2.15. The first-order chi connectivity index (χ1) is 8.75. The maximum absolute atomic E-state index is 11.8. The highest BCUT2D eigenvalue weighted by atomic mass is 79.9. The molecular weight excluding hydrogens is 312 g/mol. The topological polar surface area (TPSA) is 32.3 Å². The normalized spacial score (nSPS) is 16.9. The van der Waals surface area contributed by atoms with E-state index in [1.807, 2.05) is 4.90 Å². The molecule has 1 aromatic heterocycles. The molecule has 0 spiro atoms. The van der Waals surface area contributed by atoms with Crippen molar-refractivity contribution in [1.82, 2.24) is 10.2 Å². The van der Waals surface area contributed by atoms with Crippen LogP contribution in [0.15, 0.2) is 15.9 Å². The first-order valence-corrected chi connectivity index (χ1v) is 8.09. The summed E-state index contributed by atoms with van der Waals surface area (Å²) in [4.78, 5) is 15.1. The molecule has 0 aromatic carbocycles. The highest BCUT2D eigenvalue weighted by Crippen LogP contribution is 2.21. The summed E-state index contributed by atoms with van der Waals surface area (Å²) in [5.74, 6) is 0.327. The van der Waals surface area contributed by atoms with Crippen LogP contribution in [0.4, 0.5) is 0 Å². The van der Waals surface area contributed by atoms with E-state index in [9.17, 15) is 4.79 Å². The first-order valence-electron chi connectivity index (χ1n) is 6.48. The predicted octanol–water partition coefficient (Wildman–Crippen LogP) is 3.00. The third-order valence-corrected chi connectivity index (χ3v) is 4.78. The van der Waals surface area contributed by atoms with Crippen LogP contribution in [-0.4, -0.2) is 30.4 Å². The molecule has 2 rings (SSSR count). The number of halogens is 1. The molecule has 2 heterocycles. The summed E-state index contributed by atoms with van der Waals surface area (Å²) in [6.07, 6.45) is 4.15. The molecule has 0 unspecified atom stereocenters. The number of carbonyl (C=O) groups excluding carboxylic acids is 1. The van der Waals surface area contributed by atoms with Crippen LogP contribution in [0, 0.1) is 0 Å². The lowest BCUT2D eigenvalue weighted by atomic mass is 10.2. The Labute approximate surface area is 121 Å². The molecule has 0 aliphatic carbocycles. The van der Waals surface area contributed by atoms with Crippen molar-refractivity contribution in [2.75, 3.05) is 19.6 Å². The lowest BCUT2D eigenvalue weighted by Crippen LogP contribution is -2.36. The number of nitrogens with one attached hydrogen (secondary N) is 1. The number of carbonyl (C=O) groups is 1. The zero-order valence-electron chi connectivity index (χ0n) is 10.5. The molecule has 0 saturated carbocycles. The summed E-state index contributed by atoms with van der Waals surface area (Å²) in [7, 11) is 0. The molecule has 18 heavy (non-hydrogen) atoms. The fraction of sp³-hybridized carbons (Fsp3) is 0.615. The van der Waals surface area contributed by atoms with E-state index >= 15 is 0 Å². The summed E-state index contributed by atoms with van der Waals surface area (Å²) in [6.45, 7) is 3.54. The smallest absolute Gasteiger partial charge is 0.222 e. The quantitative estimate of drug-likeness (QED) is 0.842. The van der Waals surface area contributed by atoms with Gasteiger partial charge in [-0.25, -0.2) is 0 Å². The molecule has 0 bridgehead atoms. The van der Waals surface area contributed by atoms with E-state index in [4.69, 9.17) is 0 Å². The van der Waals surface area contributed by atoms with Crippen LogP contribution in [0.2, 0.25) is 0 Å². The minimum absolute atomic E-state index is 0.327. The number of thiophene rings is 1. The number of hydrogen-bond acceptors (Lipinski definition) is 3. The largest absolute Gasteiger partial charge is 0.341 e. The van der Waals surface area contributed by atoms with Crippen LogP contribution in [0.5, 0.6) is 0 Å². The summed E-state index contributed by atoms with van der Waals surface area (Å²) >= 11 is 5.21. The summed E-state index contributed by atoms with van der Waals surface area (Å²) in [5, 5.41) is 3.40. The average Bonchev–Trinajstić information content (AvgIpc) is 2.65. The van der Waals surface area contributed by atoms with Crippen molar-refractivity contribution in [3.63, 3.8) is 0 Å². The van der Waals surface area contributed by atoms with E-state index in [0.29, 0.717) is 5.91 Å². The van der Waals surface area contributed by atoms with Gasteiger partial charge in [0.1, 0.15) is 0 Å². The molecule has 100 valence electrons. The lowest BCUT2D eigenvalue weighted by molar-refractivity contribution is -0.130. The number of nitrogens with zero attached hydrogens (tertiary/aromatic N) is 1. The van der Waals surface area contributed by atoms with Crippen molar-refractivity contribution in [2.45, 2.75) is 32.2 Å². The minimum atomic E-state index is 0.327. The Morgan fingerprint density at radius 3 is 3.00 bits per heavy atom. The van der Waals surface area contributed by atoms with E-state index in [-0.39, 0.29) is 0 Å². The molecule has 3 nitrogen and oxygen atoms in total. The van der Waals surface area contributed by atoms with Gasteiger partial charge in [0.2, 0.25) is 5.91 Å². The van der Waals surface area contributed by atoms with Crippen LogP contribution in [0.25, 0.3) is 0 Å². The predicted molar refractivity (Wildman–Crippen MR) is 78.8 cm³/mol. The van der Waals surface area contributed by atoms with Crippen LogP contribution < -0.4 is 5.32 Å². The highest BCUT2D eigenvalue weighted by Gasteiger charge is 2.15. The first kappa shape index (κ1) is 14.0. The Hall–Kier alpha value is -0.390. The second-order valence-corrected chi connectivity index (χ2v) is 7.12. The van der Waals surface area contributed by atoms with E-state index < -0.39 is 0 Å². The Morgan fingerprint density at radius 2 is 2.22 bits per heavy atom. The highest BCUT2D eigenvalue weighted by molar-refractivity contribution is 9.11. The molecule has 1 aromatic rings. The van der Waals surface area contributed by atoms with Gasteiger partial charge in [-0.3, -0.25) is 4.79 Å². The summed E-state index contributed by atoms with van der Waals surface area (Å²) in [5.41, 5.74) is 0. The van der Waals surface area contributed by atoms with Crippen LogP contribution in [0.3, 0.4) is 0 Å². The zero-order valence-corrected chi connectivity index (χ0v) is 12.9. The van der Waals surface area contributed by atoms with Crippen molar-refractivity contribution in [2.24, 2.45) is 0 Å². The average molecular weight is 331 g/mol. The van der Waals surface area contributed by atoms with Gasteiger partial charge in [-0.1, -0.05) is 6.42 Å². The van der Waals surface area contributed by atoms with Gasteiger partial charge in [0.05, 0.1) is 3.79 Å². The molecule has 1 saturated heterocycles. The maximum atomic E-state index is 11.8. The molecule has 5 heteroatoms. The number of amides is 1. The van der Waals surface area contributed by atoms with Crippen molar-refractivity contribution < 1.29 is 4.79 Å². The van der Waals surface area contributed by atoms with Crippen molar-refractivity contribution in [3.8, 4) is 0 Å². The molecule has 1 amide bonds. The third-order valence-electron chi connectivity index (χ3n) is 3.16. The Balaban J connectivity index is 1.66. The monoisotopic (exact) mass is 330 g/mol. The Kier molecular flexibility index (Phi) is 5.66. The summed E-state index contributed by atoms with van der Waals surface area (Å²) in [6, 6.07) is 4.19. The van der Waals surface area contributed by atoms with Gasteiger partial charge in [0, 0.05) is 37.5 Å². The molecule has 1 fully saturated rings. The van der Waals surface area contributed by atoms with E-state index in [0.717, 1.165) is 45.4 Å². The van der Waals surface area contributed by atoms with Gasteiger partial charge < -0.3 is 10.2 Å². The number of likely N-dealkylation sites (tertiary alicyclic amines) is 1. The van der Waals surface area contributed by atoms with Gasteiger partial charge >= 0.3 is 0 Å². The van der Waals surface area contributed by atoms with Gasteiger partial charge in [-0.2, -0.15) is 0 Å². The molecule has 1 aliphatic rings. The van der Waals surface area contributed by atoms with Gasteiger partial charge in [0.15, 0.2) is 0 Å². The SMILES string of the molecule is O=C1CCCCCN1CCNCc1ccc(Br)s1. The Bertz CT molecular complexity index is 394. The van der Waals surface area contributed by atoms with Crippen molar-refractivity contribution in [1.29, 1.82) is 0 Å². The Morgan fingerprint density at radius 1 is 1.33 bits per heavy atom. The minimum Gasteiger partial charge on any atom is -0.341 e. The van der Waals surface area contributed by atoms with E-state index in [2.05, 4.69) is 33.4 Å². The molecule has 0 atom stereocenters. The number of rotatable bonds is 5. The van der Waals surface area contributed by atoms with Crippen LogP contribution in [-0.2, 0) is 11.3 Å². The van der Waals surface area contributed by atoms with Gasteiger partial charge in [-0.05, 0) is 40.9 Å². The zero-order chi connectivity index (χ0) is 12.8. The molecular formula is C13H19BrN2OS. The van der Waals surface area contributed by atoms with Gasteiger partial charge in [-0.15, -0.1) is 11.3 Å². The van der Waals surface area contributed by atoms with Crippen LogP contribution in [0.1, 0.15) is 30.6 Å². The number of hydrogen-bond donors (Lipinski definition) is 1. The standard InChI is InChI=1S/C13H19BrN2OS/c14-12-6-5-11(18-12)10-15-7-9-16-8-3-1-2-4-13(16)17/h5-6,15H,1-4,7-10H2. The molecule has 1 N–H and O–H groups in total. The van der Waals surface area contributed by atoms with E-state index in [1.165, 1.54) is 15.1 Å². The lowest BCUT2D eigenvalue weighted by Gasteiger charge is -2.20. The van der Waals surface area contributed by atoms with Crippen molar-refractivity contribution in [3.05, 3.63) is 20.8 Å². The van der Waals surface area contributed by atoms with Crippen molar-refractivity contribution >= 4 is 33.2 Å². The van der Waals surface area contributed by atoms with Crippen LogP contribution >= 0.6 is 27.3 Å². The molecule has 0 radical (unpaired) electrons. The summed E-state index contributed by atoms with van der Waals surface area (Å²) < 4.78 is 1.17. The third kappa shape index (κ3) is 4.37. The second-order valence-electron chi connectivity index (χ2n) is 4.57. The maximum Gasteiger partial charge on any atom is 0.222 e. The van der Waals surface area contributed by atoms with Gasteiger partial charge in [0.25, 0.3) is 0 Å². The van der Waals surface area contributed by atoms with E-state index in [1.54, 1.807) is 11.3 Å². The fourth-order valence-corrected chi connectivity index (χ4v) is 3.60. The second kappa shape index (κ2) is 7.26. The molecule has 1 aliphatic heterocycles.